The molecule has 5 nitrogen and oxygen atoms in total. The minimum absolute atomic E-state index is 0.0984. The van der Waals surface area contributed by atoms with Gasteiger partial charge in [-0.2, -0.15) is 17.9 Å². The molecule has 0 saturated heterocycles. The molecule has 0 aromatic heterocycles. The molecule has 0 aromatic carbocycles. The summed E-state index contributed by atoms with van der Waals surface area (Å²) in [7, 11) is -3.41. The fourth-order valence-corrected chi connectivity index (χ4v) is 3.56. The highest BCUT2D eigenvalue weighted by molar-refractivity contribution is 7.87. The molecule has 90 valence electrons. The largest absolute Gasteiger partial charge is 0.329 e. The fourth-order valence-electron chi connectivity index (χ4n) is 2.02. The minimum Gasteiger partial charge on any atom is -0.329 e. The lowest BCUT2D eigenvalue weighted by molar-refractivity contribution is 0.395. The summed E-state index contributed by atoms with van der Waals surface area (Å²) < 4.78 is 28.6. The zero-order valence-electron chi connectivity index (χ0n) is 9.41. The van der Waals surface area contributed by atoms with E-state index in [0.29, 0.717) is 6.54 Å². The van der Waals surface area contributed by atoms with Crippen molar-refractivity contribution in [1.82, 2.24) is 9.44 Å². The lowest BCUT2D eigenvalue weighted by atomic mass is 10.0. The van der Waals surface area contributed by atoms with Crippen molar-refractivity contribution in [2.45, 2.75) is 51.1 Å². The summed E-state index contributed by atoms with van der Waals surface area (Å²) in [5.41, 5.74) is 5.24. The van der Waals surface area contributed by atoms with Gasteiger partial charge in [-0.3, -0.25) is 0 Å². The van der Waals surface area contributed by atoms with E-state index in [0.717, 1.165) is 25.7 Å². The van der Waals surface area contributed by atoms with Gasteiger partial charge in [0.2, 0.25) is 0 Å². The van der Waals surface area contributed by atoms with Crippen molar-refractivity contribution in [2.75, 3.05) is 6.54 Å². The summed E-state index contributed by atoms with van der Waals surface area (Å²) in [6, 6.07) is -0.0984. The van der Waals surface area contributed by atoms with Crippen molar-refractivity contribution >= 4 is 10.2 Å². The van der Waals surface area contributed by atoms with Crippen molar-refractivity contribution in [2.24, 2.45) is 5.73 Å². The number of hydrogen-bond donors (Lipinski definition) is 3. The fraction of sp³-hybridized carbons (Fsp3) is 1.00. The summed E-state index contributed by atoms with van der Waals surface area (Å²) in [5, 5.41) is 0. The predicted molar refractivity (Wildman–Crippen MR) is 60.6 cm³/mol. The van der Waals surface area contributed by atoms with Gasteiger partial charge in [0.25, 0.3) is 10.2 Å². The van der Waals surface area contributed by atoms with E-state index < -0.39 is 15.7 Å². The highest BCUT2D eigenvalue weighted by Gasteiger charge is 2.36. The average Bonchev–Trinajstić information content (AvgIpc) is 2.50. The second-order valence-electron chi connectivity index (χ2n) is 4.57. The monoisotopic (exact) mass is 235 g/mol. The molecular weight excluding hydrogens is 214 g/mol. The van der Waals surface area contributed by atoms with Crippen LogP contribution in [0, 0.1) is 0 Å². The molecule has 0 atom stereocenters. The molecule has 0 aromatic rings. The first-order valence-corrected chi connectivity index (χ1v) is 6.89. The molecule has 4 N–H and O–H groups in total. The first-order valence-electron chi connectivity index (χ1n) is 5.40. The molecule has 0 bridgehead atoms. The highest BCUT2D eigenvalue weighted by Crippen LogP contribution is 2.29. The van der Waals surface area contributed by atoms with Crippen LogP contribution in [0.3, 0.4) is 0 Å². The van der Waals surface area contributed by atoms with Crippen molar-refractivity contribution < 1.29 is 8.42 Å². The zero-order chi connectivity index (χ0) is 11.5. The van der Waals surface area contributed by atoms with Crippen LogP contribution in [0.4, 0.5) is 0 Å². The Labute approximate surface area is 92.0 Å². The SMILES string of the molecule is CC(C)NS(=O)(=O)NC1(CN)CCCC1. The second-order valence-corrected chi connectivity index (χ2v) is 6.02. The number of nitrogens with two attached hydrogens (primary N) is 1. The molecule has 1 fully saturated rings. The normalized spacial score (nSPS) is 21.1. The molecule has 15 heavy (non-hydrogen) atoms. The van der Waals surface area contributed by atoms with Gasteiger partial charge in [-0.15, -0.1) is 0 Å². The maximum Gasteiger partial charge on any atom is 0.277 e. The molecule has 1 rings (SSSR count). The molecule has 0 spiro atoms. The molecule has 1 aliphatic carbocycles. The van der Waals surface area contributed by atoms with Gasteiger partial charge in [0, 0.05) is 18.1 Å². The van der Waals surface area contributed by atoms with Gasteiger partial charge >= 0.3 is 0 Å². The van der Waals surface area contributed by atoms with Crippen LogP contribution in [0.1, 0.15) is 39.5 Å². The van der Waals surface area contributed by atoms with E-state index in [9.17, 15) is 8.42 Å². The third kappa shape index (κ3) is 3.71. The number of rotatable bonds is 5. The van der Waals surface area contributed by atoms with Crippen LogP contribution >= 0.6 is 0 Å². The van der Waals surface area contributed by atoms with Crippen molar-refractivity contribution in [3.8, 4) is 0 Å². The molecule has 1 saturated carbocycles. The van der Waals surface area contributed by atoms with Crippen molar-refractivity contribution in [1.29, 1.82) is 0 Å². The summed E-state index contributed by atoms with van der Waals surface area (Å²) in [5.74, 6) is 0. The van der Waals surface area contributed by atoms with Gasteiger partial charge in [0.15, 0.2) is 0 Å². The molecule has 0 amide bonds. The Hall–Kier alpha value is -0.170. The van der Waals surface area contributed by atoms with E-state index in [4.69, 9.17) is 5.73 Å². The van der Waals surface area contributed by atoms with Gasteiger partial charge in [-0.1, -0.05) is 12.8 Å². The van der Waals surface area contributed by atoms with Crippen LogP contribution in [0.25, 0.3) is 0 Å². The molecule has 1 aliphatic rings. The molecule has 0 radical (unpaired) electrons. The van der Waals surface area contributed by atoms with E-state index in [2.05, 4.69) is 9.44 Å². The standard InChI is InChI=1S/C9H21N3O2S/c1-8(2)11-15(13,14)12-9(7-10)5-3-4-6-9/h8,11-12H,3-7,10H2,1-2H3. The van der Waals surface area contributed by atoms with Crippen molar-refractivity contribution in [3.05, 3.63) is 0 Å². The third-order valence-electron chi connectivity index (χ3n) is 2.69. The minimum atomic E-state index is -3.41. The first-order chi connectivity index (χ1) is 6.89. The Balaban J connectivity index is 2.66. The van der Waals surface area contributed by atoms with Gasteiger partial charge in [0.1, 0.15) is 0 Å². The Bertz CT molecular complexity index is 294. The summed E-state index contributed by atoms with van der Waals surface area (Å²) in [6.07, 6.45) is 3.76. The van der Waals surface area contributed by atoms with Gasteiger partial charge in [-0.05, 0) is 26.7 Å². The molecule has 0 heterocycles. The lowest BCUT2D eigenvalue weighted by Gasteiger charge is -2.28. The van der Waals surface area contributed by atoms with Crippen LogP contribution in [0.15, 0.2) is 0 Å². The first kappa shape index (κ1) is 12.9. The number of hydrogen-bond acceptors (Lipinski definition) is 3. The second kappa shape index (κ2) is 4.78. The Morgan fingerprint density at radius 2 is 1.87 bits per heavy atom. The van der Waals surface area contributed by atoms with E-state index in [1.165, 1.54) is 0 Å². The van der Waals surface area contributed by atoms with Crippen molar-refractivity contribution in [3.63, 3.8) is 0 Å². The zero-order valence-corrected chi connectivity index (χ0v) is 10.2. The van der Waals surface area contributed by atoms with Crippen LogP contribution in [-0.2, 0) is 10.2 Å². The number of nitrogens with one attached hydrogen (secondary N) is 2. The maximum absolute atomic E-state index is 11.7. The van der Waals surface area contributed by atoms with Crippen LogP contribution in [0.5, 0.6) is 0 Å². The Kier molecular flexibility index (Phi) is 4.11. The topological polar surface area (TPSA) is 84.2 Å². The van der Waals surface area contributed by atoms with Crippen LogP contribution < -0.4 is 15.2 Å². The van der Waals surface area contributed by atoms with Gasteiger partial charge < -0.3 is 5.73 Å². The van der Waals surface area contributed by atoms with Gasteiger partial charge in [0.05, 0.1) is 0 Å². The maximum atomic E-state index is 11.7. The molecular formula is C9H21N3O2S. The lowest BCUT2D eigenvalue weighted by Crippen LogP contribution is -2.55. The molecule has 0 unspecified atom stereocenters. The smallest absolute Gasteiger partial charge is 0.277 e. The van der Waals surface area contributed by atoms with Gasteiger partial charge in [-0.25, -0.2) is 0 Å². The predicted octanol–water partition coefficient (Wildman–Crippen LogP) is 0.0903. The Morgan fingerprint density at radius 3 is 2.27 bits per heavy atom. The molecule has 0 aliphatic heterocycles. The summed E-state index contributed by atoms with van der Waals surface area (Å²) >= 11 is 0. The quantitative estimate of drug-likeness (QED) is 0.631. The highest BCUT2D eigenvalue weighted by atomic mass is 32.2. The third-order valence-corrected chi connectivity index (χ3v) is 4.18. The van der Waals surface area contributed by atoms with Crippen LogP contribution in [-0.4, -0.2) is 26.5 Å². The summed E-state index contributed by atoms with van der Waals surface area (Å²) in [6.45, 7) is 3.96. The Morgan fingerprint density at radius 1 is 1.33 bits per heavy atom. The van der Waals surface area contributed by atoms with Crippen LogP contribution in [0.2, 0.25) is 0 Å². The average molecular weight is 235 g/mol. The van der Waals surface area contributed by atoms with E-state index in [-0.39, 0.29) is 6.04 Å². The molecule has 6 heteroatoms. The summed E-state index contributed by atoms with van der Waals surface area (Å²) in [4.78, 5) is 0. The van der Waals surface area contributed by atoms with E-state index in [1.807, 2.05) is 0 Å². The van der Waals surface area contributed by atoms with E-state index >= 15 is 0 Å². The van der Waals surface area contributed by atoms with E-state index in [1.54, 1.807) is 13.8 Å².